The molecule has 1 saturated carbocycles. The van der Waals surface area contributed by atoms with Crippen LogP contribution in [-0.2, 0) is 5.60 Å². The van der Waals surface area contributed by atoms with Gasteiger partial charge in [-0.3, -0.25) is 0 Å². The van der Waals surface area contributed by atoms with E-state index in [9.17, 15) is 9.50 Å². The molecule has 0 unspecified atom stereocenters. The van der Waals surface area contributed by atoms with Crippen molar-refractivity contribution in [3.8, 4) is 0 Å². The van der Waals surface area contributed by atoms with Gasteiger partial charge in [-0.25, -0.2) is 4.39 Å². The van der Waals surface area contributed by atoms with Gasteiger partial charge < -0.3 is 5.11 Å². The Balaban J connectivity index is 2.13. The first-order valence-corrected chi connectivity index (χ1v) is 5.50. The lowest BCUT2D eigenvalue weighted by Gasteiger charge is -2.46. The molecule has 0 radical (unpaired) electrons. The molecule has 1 fully saturated rings. The molecule has 0 saturated heterocycles. The molecule has 1 N–H and O–H groups in total. The molecule has 0 aliphatic heterocycles. The molecular weight excluding hydrogens is 191 g/mol. The van der Waals surface area contributed by atoms with E-state index < -0.39 is 5.60 Å². The van der Waals surface area contributed by atoms with Crippen LogP contribution < -0.4 is 0 Å². The molecule has 0 heterocycles. The van der Waals surface area contributed by atoms with E-state index in [0.29, 0.717) is 11.8 Å². The molecule has 1 aromatic carbocycles. The molecule has 0 bridgehead atoms. The average molecular weight is 208 g/mol. The summed E-state index contributed by atoms with van der Waals surface area (Å²) in [7, 11) is 0. The van der Waals surface area contributed by atoms with Gasteiger partial charge in [-0.1, -0.05) is 26.0 Å². The van der Waals surface area contributed by atoms with Gasteiger partial charge in [0.1, 0.15) is 5.82 Å². The number of aliphatic hydroxyl groups is 1. The zero-order valence-electron chi connectivity index (χ0n) is 9.20. The quantitative estimate of drug-likeness (QED) is 0.792. The van der Waals surface area contributed by atoms with E-state index in [1.54, 1.807) is 12.1 Å². The molecule has 0 aromatic heterocycles. The summed E-state index contributed by atoms with van der Waals surface area (Å²) in [6.07, 6.45) is 1.52. The van der Waals surface area contributed by atoms with E-state index in [4.69, 9.17) is 0 Å². The van der Waals surface area contributed by atoms with Crippen molar-refractivity contribution in [1.82, 2.24) is 0 Å². The van der Waals surface area contributed by atoms with Crippen molar-refractivity contribution in [2.45, 2.75) is 32.3 Å². The number of rotatable bonds is 2. The fourth-order valence-corrected chi connectivity index (χ4v) is 2.29. The van der Waals surface area contributed by atoms with Gasteiger partial charge in [-0.15, -0.1) is 0 Å². The number of benzene rings is 1. The second kappa shape index (κ2) is 3.60. The number of hydrogen-bond acceptors (Lipinski definition) is 1. The van der Waals surface area contributed by atoms with Crippen LogP contribution in [0, 0.1) is 17.7 Å². The fraction of sp³-hybridized carbons (Fsp3) is 0.538. The van der Waals surface area contributed by atoms with E-state index in [2.05, 4.69) is 13.8 Å². The van der Waals surface area contributed by atoms with Crippen LogP contribution in [0.15, 0.2) is 24.3 Å². The summed E-state index contributed by atoms with van der Waals surface area (Å²) in [5.41, 5.74) is -0.0591. The minimum atomic E-state index is -0.781. The smallest absolute Gasteiger partial charge is 0.123 e. The molecule has 1 aliphatic carbocycles. The van der Waals surface area contributed by atoms with Crippen molar-refractivity contribution in [3.63, 3.8) is 0 Å². The van der Waals surface area contributed by atoms with E-state index in [0.717, 1.165) is 18.4 Å². The molecule has 1 aliphatic rings. The maximum Gasteiger partial charge on any atom is 0.123 e. The van der Waals surface area contributed by atoms with Crippen LogP contribution in [0.25, 0.3) is 0 Å². The van der Waals surface area contributed by atoms with Crippen LogP contribution in [0.1, 0.15) is 32.3 Å². The Morgan fingerprint density at radius 1 is 1.40 bits per heavy atom. The predicted molar refractivity (Wildman–Crippen MR) is 57.9 cm³/mol. The molecular formula is C13H17FO. The van der Waals surface area contributed by atoms with Gasteiger partial charge in [-0.05, 0) is 42.4 Å². The Labute approximate surface area is 89.9 Å². The highest BCUT2D eigenvalue weighted by Gasteiger charge is 2.44. The molecule has 0 spiro atoms. The lowest BCUT2D eigenvalue weighted by Crippen LogP contribution is -2.43. The SMILES string of the molecule is CC(C)C1CC(O)(c2cccc(F)c2)C1. The zero-order valence-corrected chi connectivity index (χ0v) is 9.20. The maximum absolute atomic E-state index is 13.0. The van der Waals surface area contributed by atoms with Gasteiger partial charge in [0, 0.05) is 0 Å². The van der Waals surface area contributed by atoms with Crippen LogP contribution in [0.2, 0.25) is 0 Å². The van der Waals surface area contributed by atoms with Gasteiger partial charge in [0.05, 0.1) is 5.60 Å². The van der Waals surface area contributed by atoms with Gasteiger partial charge in [-0.2, -0.15) is 0 Å². The Bertz CT molecular complexity index is 353. The summed E-state index contributed by atoms with van der Waals surface area (Å²) < 4.78 is 13.0. The largest absolute Gasteiger partial charge is 0.385 e. The van der Waals surface area contributed by atoms with Gasteiger partial charge >= 0.3 is 0 Å². The molecule has 2 heteroatoms. The van der Waals surface area contributed by atoms with Crippen LogP contribution in [0.4, 0.5) is 4.39 Å². The number of hydrogen-bond donors (Lipinski definition) is 1. The first kappa shape index (κ1) is 10.6. The molecule has 1 aromatic rings. The first-order valence-electron chi connectivity index (χ1n) is 5.50. The third kappa shape index (κ3) is 1.91. The highest BCUT2D eigenvalue weighted by molar-refractivity contribution is 5.26. The summed E-state index contributed by atoms with van der Waals surface area (Å²) >= 11 is 0. The van der Waals surface area contributed by atoms with Crippen LogP contribution in [0.5, 0.6) is 0 Å². The minimum Gasteiger partial charge on any atom is -0.385 e. The summed E-state index contributed by atoms with van der Waals surface area (Å²) in [6.45, 7) is 4.33. The van der Waals surface area contributed by atoms with Gasteiger partial charge in [0.15, 0.2) is 0 Å². The van der Waals surface area contributed by atoms with Crippen LogP contribution >= 0.6 is 0 Å². The Morgan fingerprint density at radius 3 is 2.60 bits per heavy atom. The predicted octanol–water partition coefficient (Wildman–Crippen LogP) is 3.08. The third-order valence-electron chi connectivity index (χ3n) is 3.50. The molecule has 2 rings (SSSR count). The summed E-state index contributed by atoms with van der Waals surface area (Å²) in [4.78, 5) is 0. The van der Waals surface area contributed by atoms with E-state index in [1.807, 2.05) is 0 Å². The van der Waals surface area contributed by atoms with Crippen molar-refractivity contribution in [2.24, 2.45) is 11.8 Å². The first-order chi connectivity index (χ1) is 7.01. The Morgan fingerprint density at radius 2 is 2.07 bits per heavy atom. The average Bonchev–Trinajstić information content (AvgIpc) is 2.12. The molecule has 0 atom stereocenters. The van der Waals surface area contributed by atoms with Crippen molar-refractivity contribution in [3.05, 3.63) is 35.6 Å². The highest BCUT2D eigenvalue weighted by atomic mass is 19.1. The summed E-state index contributed by atoms with van der Waals surface area (Å²) in [5.74, 6) is 0.894. The van der Waals surface area contributed by atoms with E-state index in [-0.39, 0.29) is 5.82 Å². The van der Waals surface area contributed by atoms with E-state index >= 15 is 0 Å². The second-order valence-corrected chi connectivity index (χ2v) is 4.95. The fourth-order valence-electron chi connectivity index (χ4n) is 2.29. The zero-order chi connectivity index (χ0) is 11.1. The lowest BCUT2D eigenvalue weighted by molar-refractivity contribution is -0.0935. The standard InChI is InChI=1S/C13H17FO/c1-9(2)10-7-13(15,8-10)11-4-3-5-12(14)6-11/h3-6,9-10,15H,7-8H2,1-2H3. The maximum atomic E-state index is 13.0. The minimum absolute atomic E-state index is 0.270. The Hall–Kier alpha value is -0.890. The monoisotopic (exact) mass is 208 g/mol. The third-order valence-corrected chi connectivity index (χ3v) is 3.50. The van der Waals surface area contributed by atoms with Crippen LogP contribution in [-0.4, -0.2) is 5.11 Å². The van der Waals surface area contributed by atoms with Gasteiger partial charge in [0.2, 0.25) is 0 Å². The van der Waals surface area contributed by atoms with E-state index in [1.165, 1.54) is 12.1 Å². The van der Waals surface area contributed by atoms with Crippen molar-refractivity contribution >= 4 is 0 Å². The van der Waals surface area contributed by atoms with Crippen molar-refractivity contribution in [1.29, 1.82) is 0 Å². The normalized spacial score (nSPS) is 30.3. The topological polar surface area (TPSA) is 20.2 Å². The van der Waals surface area contributed by atoms with Crippen molar-refractivity contribution in [2.75, 3.05) is 0 Å². The summed E-state index contributed by atoms with van der Waals surface area (Å²) in [5, 5.41) is 10.3. The highest BCUT2D eigenvalue weighted by Crippen LogP contribution is 2.48. The lowest BCUT2D eigenvalue weighted by atomic mass is 9.63. The van der Waals surface area contributed by atoms with Crippen LogP contribution in [0.3, 0.4) is 0 Å². The van der Waals surface area contributed by atoms with Crippen molar-refractivity contribution < 1.29 is 9.50 Å². The summed E-state index contributed by atoms with van der Waals surface area (Å²) in [6, 6.07) is 6.31. The molecule has 1 nitrogen and oxygen atoms in total. The number of halogens is 1. The Kier molecular flexibility index (Phi) is 2.55. The molecule has 82 valence electrons. The second-order valence-electron chi connectivity index (χ2n) is 4.95. The van der Waals surface area contributed by atoms with Gasteiger partial charge in [0.25, 0.3) is 0 Å². The molecule has 15 heavy (non-hydrogen) atoms. The molecule has 0 amide bonds.